The van der Waals surface area contributed by atoms with Crippen LogP contribution in [0.1, 0.15) is 49.9 Å². The third-order valence-corrected chi connectivity index (χ3v) is 3.92. The predicted molar refractivity (Wildman–Crippen MR) is 76.6 cm³/mol. The summed E-state index contributed by atoms with van der Waals surface area (Å²) >= 11 is 0. The van der Waals surface area contributed by atoms with E-state index < -0.39 is 0 Å². The highest BCUT2D eigenvalue weighted by Gasteiger charge is 2.22. The van der Waals surface area contributed by atoms with Crippen LogP contribution in [0.4, 0.5) is 4.39 Å². The molecule has 1 aromatic carbocycles. The predicted octanol–water partition coefficient (Wildman–Crippen LogP) is 3.89. The smallest absolute Gasteiger partial charge is 0.260 e. The molecule has 4 nitrogen and oxygen atoms in total. The Hall–Kier alpha value is -1.75. The molecule has 0 spiro atoms. The van der Waals surface area contributed by atoms with Gasteiger partial charge in [-0.3, -0.25) is 0 Å². The molecule has 1 aliphatic rings. The molecular formula is C16H19FN2O2. The Balaban J connectivity index is 1.85. The van der Waals surface area contributed by atoms with Crippen molar-refractivity contribution in [2.24, 2.45) is 0 Å². The van der Waals surface area contributed by atoms with E-state index in [9.17, 15) is 4.39 Å². The van der Waals surface area contributed by atoms with Gasteiger partial charge in [0.2, 0.25) is 0 Å². The molecule has 0 amide bonds. The van der Waals surface area contributed by atoms with Crippen LogP contribution in [0.25, 0.3) is 11.5 Å². The SMILES string of the molecule is CC(C)c1ccc(-c2nc(C3CCOCC3)no2)c(F)c1. The second kappa shape index (κ2) is 5.93. The van der Waals surface area contributed by atoms with Gasteiger partial charge in [-0.1, -0.05) is 25.1 Å². The van der Waals surface area contributed by atoms with Crippen LogP contribution in [-0.2, 0) is 4.74 Å². The van der Waals surface area contributed by atoms with Crippen molar-refractivity contribution in [2.45, 2.75) is 38.5 Å². The molecule has 5 heteroatoms. The van der Waals surface area contributed by atoms with Gasteiger partial charge in [-0.15, -0.1) is 0 Å². The third kappa shape index (κ3) is 2.97. The van der Waals surface area contributed by atoms with E-state index in [0.29, 0.717) is 24.6 Å². The van der Waals surface area contributed by atoms with Gasteiger partial charge in [-0.05, 0) is 36.5 Å². The summed E-state index contributed by atoms with van der Waals surface area (Å²) in [6.07, 6.45) is 1.77. The molecule has 1 aliphatic heterocycles. The van der Waals surface area contributed by atoms with Gasteiger partial charge in [0, 0.05) is 19.1 Å². The van der Waals surface area contributed by atoms with Crippen LogP contribution in [0.3, 0.4) is 0 Å². The first-order valence-corrected chi connectivity index (χ1v) is 7.36. The van der Waals surface area contributed by atoms with Crippen molar-refractivity contribution in [3.05, 3.63) is 35.4 Å². The van der Waals surface area contributed by atoms with E-state index in [-0.39, 0.29) is 23.5 Å². The summed E-state index contributed by atoms with van der Waals surface area (Å²) in [6.45, 7) is 5.49. The van der Waals surface area contributed by atoms with E-state index in [1.165, 1.54) is 0 Å². The lowest BCUT2D eigenvalue weighted by Crippen LogP contribution is -2.15. The van der Waals surface area contributed by atoms with Gasteiger partial charge in [-0.25, -0.2) is 4.39 Å². The Bertz CT molecular complexity index is 618. The minimum absolute atomic E-state index is 0.245. The van der Waals surface area contributed by atoms with Gasteiger partial charge < -0.3 is 9.26 Å². The summed E-state index contributed by atoms with van der Waals surface area (Å²) in [5.41, 5.74) is 1.32. The minimum Gasteiger partial charge on any atom is -0.381 e. The molecule has 0 saturated carbocycles. The lowest BCUT2D eigenvalue weighted by atomic mass is 9.99. The topological polar surface area (TPSA) is 48.2 Å². The Kier molecular flexibility index (Phi) is 4.01. The van der Waals surface area contributed by atoms with Crippen LogP contribution >= 0.6 is 0 Å². The van der Waals surface area contributed by atoms with Crippen LogP contribution in [0.5, 0.6) is 0 Å². The number of benzene rings is 1. The standard InChI is InChI=1S/C16H19FN2O2/c1-10(2)12-3-4-13(14(17)9-12)16-18-15(19-21-16)11-5-7-20-8-6-11/h3-4,9-11H,5-8H2,1-2H3. The van der Waals surface area contributed by atoms with Crippen molar-refractivity contribution >= 4 is 0 Å². The lowest BCUT2D eigenvalue weighted by Gasteiger charge is -2.18. The normalized spacial score (nSPS) is 16.6. The monoisotopic (exact) mass is 290 g/mol. The van der Waals surface area contributed by atoms with Gasteiger partial charge in [0.1, 0.15) is 5.82 Å². The number of halogens is 1. The van der Waals surface area contributed by atoms with E-state index >= 15 is 0 Å². The van der Waals surface area contributed by atoms with Crippen LogP contribution in [0.2, 0.25) is 0 Å². The molecule has 1 saturated heterocycles. The number of rotatable bonds is 3. The molecular weight excluding hydrogens is 271 g/mol. The van der Waals surface area contributed by atoms with Gasteiger partial charge >= 0.3 is 0 Å². The molecule has 2 heterocycles. The average Bonchev–Trinajstić information content (AvgIpc) is 2.97. The number of aromatic nitrogens is 2. The Morgan fingerprint density at radius 3 is 2.67 bits per heavy atom. The molecule has 0 radical (unpaired) electrons. The molecule has 1 aromatic heterocycles. The first kappa shape index (κ1) is 14.2. The summed E-state index contributed by atoms with van der Waals surface area (Å²) < 4.78 is 24.8. The quantitative estimate of drug-likeness (QED) is 0.860. The summed E-state index contributed by atoms with van der Waals surface area (Å²) in [5, 5.41) is 4.01. The van der Waals surface area contributed by atoms with Gasteiger partial charge in [0.25, 0.3) is 5.89 Å². The van der Waals surface area contributed by atoms with E-state index in [0.717, 1.165) is 18.4 Å². The van der Waals surface area contributed by atoms with Crippen LogP contribution in [-0.4, -0.2) is 23.4 Å². The number of hydrogen-bond acceptors (Lipinski definition) is 4. The summed E-state index contributed by atoms with van der Waals surface area (Å²) in [7, 11) is 0. The van der Waals surface area contributed by atoms with Crippen molar-refractivity contribution in [3.8, 4) is 11.5 Å². The van der Waals surface area contributed by atoms with Crippen molar-refractivity contribution in [1.82, 2.24) is 10.1 Å². The van der Waals surface area contributed by atoms with E-state index in [1.807, 2.05) is 19.9 Å². The Labute approximate surface area is 123 Å². The molecule has 0 N–H and O–H groups in total. The zero-order valence-corrected chi connectivity index (χ0v) is 12.3. The zero-order valence-electron chi connectivity index (χ0n) is 12.3. The fourth-order valence-corrected chi connectivity index (χ4v) is 2.53. The second-order valence-electron chi connectivity index (χ2n) is 5.74. The fraction of sp³-hybridized carbons (Fsp3) is 0.500. The highest BCUT2D eigenvalue weighted by molar-refractivity contribution is 5.54. The van der Waals surface area contributed by atoms with Crippen LogP contribution in [0.15, 0.2) is 22.7 Å². The Morgan fingerprint density at radius 1 is 1.24 bits per heavy atom. The van der Waals surface area contributed by atoms with Gasteiger partial charge in [-0.2, -0.15) is 4.98 Å². The largest absolute Gasteiger partial charge is 0.381 e. The van der Waals surface area contributed by atoms with Gasteiger partial charge in [0.15, 0.2) is 5.82 Å². The molecule has 0 bridgehead atoms. The third-order valence-electron chi connectivity index (χ3n) is 3.92. The fourth-order valence-electron chi connectivity index (χ4n) is 2.53. The summed E-state index contributed by atoms with van der Waals surface area (Å²) in [4.78, 5) is 4.37. The van der Waals surface area contributed by atoms with Crippen molar-refractivity contribution in [1.29, 1.82) is 0 Å². The summed E-state index contributed by atoms with van der Waals surface area (Å²) in [6, 6.07) is 5.16. The maximum Gasteiger partial charge on any atom is 0.260 e. The summed E-state index contributed by atoms with van der Waals surface area (Å²) in [5.74, 6) is 1.12. The zero-order chi connectivity index (χ0) is 14.8. The van der Waals surface area contributed by atoms with Crippen molar-refractivity contribution in [3.63, 3.8) is 0 Å². The molecule has 21 heavy (non-hydrogen) atoms. The van der Waals surface area contributed by atoms with E-state index in [4.69, 9.17) is 9.26 Å². The van der Waals surface area contributed by atoms with Crippen LogP contribution < -0.4 is 0 Å². The maximum atomic E-state index is 14.2. The molecule has 1 fully saturated rings. The van der Waals surface area contributed by atoms with Crippen LogP contribution in [0, 0.1) is 5.82 Å². The second-order valence-corrected chi connectivity index (χ2v) is 5.74. The first-order chi connectivity index (χ1) is 10.1. The van der Waals surface area contributed by atoms with Gasteiger partial charge in [0.05, 0.1) is 5.56 Å². The minimum atomic E-state index is -0.316. The maximum absolute atomic E-state index is 14.2. The molecule has 3 rings (SSSR count). The highest BCUT2D eigenvalue weighted by Crippen LogP contribution is 2.29. The lowest BCUT2D eigenvalue weighted by molar-refractivity contribution is 0.0830. The molecule has 0 aliphatic carbocycles. The number of ether oxygens (including phenoxy) is 1. The highest BCUT2D eigenvalue weighted by atomic mass is 19.1. The van der Waals surface area contributed by atoms with E-state index in [2.05, 4.69) is 10.1 Å². The number of hydrogen-bond donors (Lipinski definition) is 0. The molecule has 0 unspecified atom stereocenters. The average molecular weight is 290 g/mol. The van der Waals surface area contributed by atoms with E-state index in [1.54, 1.807) is 12.1 Å². The molecule has 2 aromatic rings. The number of nitrogens with zero attached hydrogens (tertiary/aromatic N) is 2. The molecule has 0 atom stereocenters. The first-order valence-electron chi connectivity index (χ1n) is 7.36. The molecule has 112 valence electrons. The van der Waals surface area contributed by atoms with Crippen molar-refractivity contribution in [2.75, 3.05) is 13.2 Å². The van der Waals surface area contributed by atoms with Crippen molar-refractivity contribution < 1.29 is 13.7 Å². The Morgan fingerprint density at radius 2 is 2.00 bits per heavy atom.